The number of nitrogens with one attached hydrogen (secondary N) is 3. The first-order chi connectivity index (χ1) is 8.54. The lowest BCUT2D eigenvalue weighted by molar-refractivity contribution is -0.119. The average Bonchev–Trinajstić information content (AvgIpc) is 2.30. The fourth-order valence-corrected chi connectivity index (χ4v) is 1.70. The molecule has 0 saturated carbocycles. The van der Waals surface area contributed by atoms with Crippen LogP contribution in [-0.2, 0) is 4.79 Å². The van der Waals surface area contributed by atoms with Crippen molar-refractivity contribution in [2.24, 2.45) is 0 Å². The summed E-state index contributed by atoms with van der Waals surface area (Å²) in [5.41, 5.74) is 0. The Hall–Kier alpha value is 0.120. The van der Waals surface area contributed by atoms with E-state index in [0.717, 1.165) is 26.2 Å². The van der Waals surface area contributed by atoms with Gasteiger partial charge in [-0.05, 0) is 32.9 Å². The van der Waals surface area contributed by atoms with Crippen LogP contribution in [-0.4, -0.2) is 42.1 Å². The molecule has 1 unspecified atom stereocenters. The van der Waals surface area contributed by atoms with E-state index in [-0.39, 0.29) is 9.83 Å². The number of hydrogen-bond acceptors (Lipinski definition) is 3. The Morgan fingerprint density at radius 3 is 2.28 bits per heavy atom. The average molecular weight is 369 g/mol. The van der Waals surface area contributed by atoms with Crippen LogP contribution in [0.15, 0.2) is 0 Å². The van der Waals surface area contributed by atoms with Gasteiger partial charge in [0.15, 0.2) is 0 Å². The number of amides is 1. The molecular formula is C13H28IN3O. The van der Waals surface area contributed by atoms with Gasteiger partial charge in [-0.3, -0.25) is 4.79 Å². The maximum Gasteiger partial charge on any atom is 0.232 e. The van der Waals surface area contributed by atoms with Crippen molar-refractivity contribution in [3.63, 3.8) is 0 Å². The van der Waals surface area contributed by atoms with E-state index < -0.39 is 0 Å². The van der Waals surface area contributed by atoms with Gasteiger partial charge in [0.1, 0.15) is 0 Å². The molecule has 18 heavy (non-hydrogen) atoms. The third-order valence-electron chi connectivity index (χ3n) is 2.55. The minimum Gasteiger partial charge on any atom is -0.354 e. The molecule has 0 radical (unpaired) electrons. The molecule has 3 N–H and O–H groups in total. The fourth-order valence-electron chi connectivity index (χ4n) is 1.48. The van der Waals surface area contributed by atoms with E-state index in [1.54, 1.807) is 0 Å². The van der Waals surface area contributed by atoms with E-state index in [9.17, 15) is 4.79 Å². The molecule has 0 aliphatic heterocycles. The summed E-state index contributed by atoms with van der Waals surface area (Å²) < 4.78 is 0.0519. The summed E-state index contributed by atoms with van der Waals surface area (Å²) in [7, 11) is 0. The van der Waals surface area contributed by atoms with Crippen molar-refractivity contribution in [2.75, 3.05) is 26.2 Å². The predicted molar refractivity (Wildman–Crippen MR) is 86.4 cm³/mol. The molecule has 0 aromatic carbocycles. The van der Waals surface area contributed by atoms with Crippen LogP contribution in [0.1, 0.15) is 40.0 Å². The van der Waals surface area contributed by atoms with Gasteiger partial charge in [0, 0.05) is 19.1 Å². The van der Waals surface area contributed by atoms with E-state index in [0.29, 0.717) is 6.04 Å². The topological polar surface area (TPSA) is 53.2 Å². The van der Waals surface area contributed by atoms with Gasteiger partial charge in [0.2, 0.25) is 5.91 Å². The van der Waals surface area contributed by atoms with Crippen LogP contribution in [0.2, 0.25) is 0 Å². The highest BCUT2D eigenvalue weighted by atomic mass is 127. The van der Waals surface area contributed by atoms with Gasteiger partial charge in [-0.2, -0.15) is 0 Å². The van der Waals surface area contributed by atoms with Gasteiger partial charge in [-0.1, -0.05) is 42.9 Å². The van der Waals surface area contributed by atoms with Gasteiger partial charge in [-0.25, -0.2) is 0 Å². The second-order valence-electron chi connectivity index (χ2n) is 4.83. The minimum absolute atomic E-state index is 0.0519. The molecule has 0 fully saturated rings. The van der Waals surface area contributed by atoms with Gasteiger partial charge >= 0.3 is 0 Å². The van der Waals surface area contributed by atoms with Crippen molar-refractivity contribution in [3.8, 4) is 0 Å². The summed E-state index contributed by atoms with van der Waals surface area (Å²) in [6.45, 7) is 9.98. The van der Waals surface area contributed by atoms with Crippen LogP contribution in [0.25, 0.3) is 0 Å². The standard InChI is InChI=1S/C13H28IN3O/c1-11(2)16-8-6-4-5-7-15-9-10-17-13(18)12(3)14/h11-12,15-16H,4-10H2,1-3H3,(H,17,18). The van der Waals surface area contributed by atoms with Crippen molar-refractivity contribution >= 4 is 28.5 Å². The molecule has 1 atom stereocenters. The minimum atomic E-state index is 0.0519. The highest BCUT2D eigenvalue weighted by molar-refractivity contribution is 14.1. The monoisotopic (exact) mass is 369 g/mol. The lowest BCUT2D eigenvalue weighted by Gasteiger charge is -2.09. The Balaban J connectivity index is 3.10. The largest absolute Gasteiger partial charge is 0.354 e. The smallest absolute Gasteiger partial charge is 0.232 e. The van der Waals surface area contributed by atoms with Gasteiger partial charge < -0.3 is 16.0 Å². The van der Waals surface area contributed by atoms with Crippen molar-refractivity contribution in [3.05, 3.63) is 0 Å². The van der Waals surface area contributed by atoms with Gasteiger partial charge in [-0.15, -0.1) is 0 Å². The summed E-state index contributed by atoms with van der Waals surface area (Å²) in [4.78, 5) is 11.3. The maximum atomic E-state index is 11.3. The number of carbonyl (C=O) groups is 1. The summed E-state index contributed by atoms with van der Waals surface area (Å²) >= 11 is 2.12. The van der Waals surface area contributed by atoms with Crippen molar-refractivity contribution < 1.29 is 4.79 Å². The molecule has 0 aliphatic carbocycles. The second-order valence-corrected chi connectivity index (χ2v) is 6.69. The molecule has 0 saturated heterocycles. The molecule has 0 spiro atoms. The summed E-state index contributed by atoms with van der Waals surface area (Å²) in [5.74, 6) is 0.122. The van der Waals surface area contributed by atoms with Crippen molar-refractivity contribution in [1.82, 2.24) is 16.0 Å². The highest BCUT2D eigenvalue weighted by Gasteiger charge is 2.05. The lowest BCUT2D eigenvalue weighted by Crippen LogP contribution is -2.35. The normalized spacial score (nSPS) is 12.7. The van der Waals surface area contributed by atoms with Crippen LogP contribution in [0.4, 0.5) is 0 Å². The van der Waals surface area contributed by atoms with E-state index in [1.807, 2.05) is 6.92 Å². The number of alkyl halides is 1. The van der Waals surface area contributed by atoms with E-state index in [1.165, 1.54) is 19.3 Å². The number of hydrogen-bond donors (Lipinski definition) is 3. The van der Waals surface area contributed by atoms with Crippen LogP contribution < -0.4 is 16.0 Å². The quantitative estimate of drug-likeness (QED) is 0.295. The molecule has 0 heterocycles. The Kier molecular flexibility index (Phi) is 12.3. The third-order valence-corrected chi connectivity index (χ3v) is 3.11. The van der Waals surface area contributed by atoms with Gasteiger partial charge in [0.05, 0.1) is 3.92 Å². The summed E-state index contributed by atoms with van der Waals surface area (Å²) in [5, 5.41) is 9.64. The molecule has 1 amide bonds. The summed E-state index contributed by atoms with van der Waals surface area (Å²) in [6, 6.07) is 0.590. The number of unbranched alkanes of at least 4 members (excludes halogenated alkanes) is 2. The van der Waals surface area contributed by atoms with E-state index in [4.69, 9.17) is 0 Å². The highest BCUT2D eigenvalue weighted by Crippen LogP contribution is 1.96. The van der Waals surface area contributed by atoms with Gasteiger partial charge in [0.25, 0.3) is 0 Å². The first-order valence-electron chi connectivity index (χ1n) is 6.90. The molecule has 0 aromatic rings. The fraction of sp³-hybridized carbons (Fsp3) is 0.923. The molecule has 0 aromatic heterocycles. The third kappa shape index (κ3) is 12.6. The summed E-state index contributed by atoms with van der Waals surface area (Å²) in [6.07, 6.45) is 3.70. The van der Waals surface area contributed by atoms with Crippen molar-refractivity contribution in [1.29, 1.82) is 0 Å². The zero-order chi connectivity index (χ0) is 13.8. The van der Waals surface area contributed by atoms with Crippen LogP contribution in [0, 0.1) is 0 Å². The zero-order valence-electron chi connectivity index (χ0n) is 11.9. The molecule has 0 aliphatic rings. The van der Waals surface area contributed by atoms with Crippen LogP contribution >= 0.6 is 22.6 Å². The van der Waals surface area contributed by atoms with Crippen LogP contribution in [0.5, 0.6) is 0 Å². The number of carbonyl (C=O) groups excluding carboxylic acids is 1. The number of rotatable bonds is 11. The number of halogens is 1. The Bertz CT molecular complexity index is 210. The zero-order valence-corrected chi connectivity index (χ0v) is 14.0. The lowest BCUT2D eigenvalue weighted by atomic mass is 10.2. The molecule has 5 heteroatoms. The molecule has 108 valence electrons. The Morgan fingerprint density at radius 2 is 1.67 bits per heavy atom. The SMILES string of the molecule is CC(C)NCCCCCNCCNC(=O)C(C)I. The Morgan fingerprint density at radius 1 is 1.00 bits per heavy atom. The molecule has 4 nitrogen and oxygen atoms in total. The molecule has 0 rings (SSSR count). The second kappa shape index (κ2) is 12.2. The van der Waals surface area contributed by atoms with E-state index >= 15 is 0 Å². The molecular weight excluding hydrogens is 341 g/mol. The molecule has 0 bridgehead atoms. The maximum absolute atomic E-state index is 11.3. The van der Waals surface area contributed by atoms with E-state index in [2.05, 4.69) is 52.4 Å². The first-order valence-corrected chi connectivity index (χ1v) is 8.14. The van der Waals surface area contributed by atoms with Crippen molar-refractivity contribution in [2.45, 2.75) is 50.0 Å². The Labute approximate surface area is 125 Å². The predicted octanol–water partition coefficient (Wildman–Crippen LogP) is 1.68. The first kappa shape index (κ1) is 18.1. The van der Waals surface area contributed by atoms with Crippen LogP contribution in [0.3, 0.4) is 0 Å².